The van der Waals surface area contributed by atoms with Crippen LogP contribution in [-0.2, 0) is 0 Å². The number of anilines is 2. The summed E-state index contributed by atoms with van der Waals surface area (Å²) < 4.78 is 13.3. The molecule has 0 aliphatic carbocycles. The van der Waals surface area contributed by atoms with Crippen molar-refractivity contribution in [2.75, 3.05) is 11.4 Å². The summed E-state index contributed by atoms with van der Waals surface area (Å²) in [7, 11) is 0. The molecule has 0 N–H and O–H groups in total. The highest BCUT2D eigenvalue weighted by Gasteiger charge is 2.14. The van der Waals surface area contributed by atoms with Crippen LogP contribution in [-0.4, -0.2) is 11.5 Å². The molecule has 1 unspecified atom stereocenters. The van der Waals surface area contributed by atoms with E-state index in [0.29, 0.717) is 5.92 Å². The molecule has 1 heterocycles. The minimum atomic E-state index is -0.223. The molecule has 0 saturated heterocycles. The Bertz CT molecular complexity index is 727. The summed E-state index contributed by atoms with van der Waals surface area (Å²) in [6.07, 6.45) is 3.55. The van der Waals surface area contributed by atoms with E-state index in [1.54, 1.807) is 12.4 Å². The van der Waals surface area contributed by atoms with Crippen molar-refractivity contribution in [3.63, 3.8) is 0 Å². The van der Waals surface area contributed by atoms with Gasteiger partial charge >= 0.3 is 0 Å². The number of pyridine rings is 1. The molecule has 3 aromatic rings. The molecule has 2 aromatic carbocycles. The molecule has 0 amide bonds. The molecule has 3 heteroatoms. The van der Waals surface area contributed by atoms with E-state index in [2.05, 4.69) is 41.1 Å². The van der Waals surface area contributed by atoms with Gasteiger partial charge in [-0.15, -0.1) is 0 Å². The molecule has 0 radical (unpaired) electrons. The van der Waals surface area contributed by atoms with Gasteiger partial charge in [-0.2, -0.15) is 0 Å². The van der Waals surface area contributed by atoms with Crippen molar-refractivity contribution in [2.45, 2.75) is 12.8 Å². The molecule has 2 nitrogen and oxygen atoms in total. The number of halogens is 1. The van der Waals surface area contributed by atoms with E-state index in [1.165, 1.54) is 17.7 Å². The quantitative estimate of drug-likeness (QED) is 0.647. The van der Waals surface area contributed by atoms with E-state index >= 15 is 0 Å². The molecule has 3 rings (SSSR count). The first-order valence-electron chi connectivity index (χ1n) is 7.72. The Hall–Kier alpha value is -2.68. The van der Waals surface area contributed by atoms with Crippen molar-refractivity contribution < 1.29 is 4.39 Å². The summed E-state index contributed by atoms with van der Waals surface area (Å²) in [5, 5.41) is 0. The van der Waals surface area contributed by atoms with Crippen molar-refractivity contribution in [1.29, 1.82) is 0 Å². The first-order valence-corrected chi connectivity index (χ1v) is 7.72. The highest BCUT2D eigenvalue weighted by Crippen LogP contribution is 2.28. The van der Waals surface area contributed by atoms with E-state index in [-0.39, 0.29) is 5.82 Å². The molecular formula is C20H19FN2. The van der Waals surface area contributed by atoms with Gasteiger partial charge in [0.25, 0.3) is 0 Å². The van der Waals surface area contributed by atoms with Crippen molar-refractivity contribution in [1.82, 2.24) is 4.98 Å². The number of hydrogen-bond acceptors (Lipinski definition) is 2. The van der Waals surface area contributed by atoms with Crippen LogP contribution in [0.1, 0.15) is 18.4 Å². The number of aromatic nitrogens is 1. The predicted molar refractivity (Wildman–Crippen MR) is 92.5 cm³/mol. The summed E-state index contributed by atoms with van der Waals surface area (Å²) in [5.41, 5.74) is 3.31. The van der Waals surface area contributed by atoms with Crippen molar-refractivity contribution >= 4 is 11.4 Å². The summed E-state index contributed by atoms with van der Waals surface area (Å²) in [6, 6.07) is 21.0. The molecule has 116 valence electrons. The molecule has 0 saturated carbocycles. The second-order valence-electron chi connectivity index (χ2n) is 5.60. The summed E-state index contributed by atoms with van der Waals surface area (Å²) >= 11 is 0. The zero-order chi connectivity index (χ0) is 16.1. The smallest absolute Gasteiger partial charge is 0.123 e. The van der Waals surface area contributed by atoms with Crippen LogP contribution in [0.3, 0.4) is 0 Å². The first-order chi connectivity index (χ1) is 11.2. The maximum atomic E-state index is 13.3. The van der Waals surface area contributed by atoms with Gasteiger partial charge in [0.05, 0.1) is 0 Å². The van der Waals surface area contributed by atoms with Crippen molar-refractivity contribution in [2.24, 2.45) is 0 Å². The van der Waals surface area contributed by atoms with E-state index in [9.17, 15) is 4.39 Å². The van der Waals surface area contributed by atoms with E-state index in [0.717, 1.165) is 17.9 Å². The minimum absolute atomic E-state index is 0.223. The molecular weight excluding hydrogens is 287 g/mol. The topological polar surface area (TPSA) is 16.1 Å². The molecule has 1 aromatic heterocycles. The number of hydrogen-bond donors (Lipinski definition) is 0. The fourth-order valence-corrected chi connectivity index (χ4v) is 2.67. The van der Waals surface area contributed by atoms with Gasteiger partial charge in [-0.25, -0.2) is 4.39 Å². The predicted octanol–water partition coefficient (Wildman–Crippen LogP) is 5.16. The lowest BCUT2D eigenvalue weighted by Gasteiger charge is -2.28. The molecule has 0 bridgehead atoms. The van der Waals surface area contributed by atoms with Gasteiger partial charge < -0.3 is 4.90 Å². The Kier molecular flexibility index (Phi) is 4.67. The number of nitrogens with zero attached hydrogens (tertiary/aromatic N) is 2. The van der Waals surface area contributed by atoms with Crippen LogP contribution in [0.25, 0.3) is 0 Å². The van der Waals surface area contributed by atoms with Gasteiger partial charge in [0, 0.05) is 30.3 Å². The number of benzene rings is 2. The Morgan fingerprint density at radius 2 is 1.48 bits per heavy atom. The fourth-order valence-electron chi connectivity index (χ4n) is 2.67. The second kappa shape index (κ2) is 7.05. The molecule has 0 fully saturated rings. The molecule has 0 aliphatic heterocycles. The highest BCUT2D eigenvalue weighted by molar-refractivity contribution is 5.62. The van der Waals surface area contributed by atoms with Gasteiger partial charge in [-0.05, 0) is 47.9 Å². The average molecular weight is 306 g/mol. The van der Waals surface area contributed by atoms with Crippen molar-refractivity contribution in [3.8, 4) is 0 Å². The van der Waals surface area contributed by atoms with Gasteiger partial charge in [-0.1, -0.05) is 37.3 Å². The van der Waals surface area contributed by atoms with E-state index in [1.807, 2.05) is 30.3 Å². The zero-order valence-corrected chi connectivity index (χ0v) is 13.1. The third-order valence-electron chi connectivity index (χ3n) is 3.94. The van der Waals surface area contributed by atoms with Gasteiger partial charge in [0.15, 0.2) is 0 Å². The van der Waals surface area contributed by atoms with Crippen LogP contribution >= 0.6 is 0 Å². The molecule has 0 spiro atoms. The number of rotatable bonds is 5. The minimum Gasteiger partial charge on any atom is -0.341 e. The highest BCUT2D eigenvalue weighted by atomic mass is 19.1. The lowest BCUT2D eigenvalue weighted by Crippen LogP contribution is -2.22. The Morgan fingerprint density at radius 3 is 2.13 bits per heavy atom. The van der Waals surface area contributed by atoms with Crippen LogP contribution in [0.2, 0.25) is 0 Å². The van der Waals surface area contributed by atoms with Crippen molar-refractivity contribution in [3.05, 3.63) is 90.5 Å². The second-order valence-corrected chi connectivity index (χ2v) is 5.60. The third kappa shape index (κ3) is 3.75. The van der Waals surface area contributed by atoms with Crippen LogP contribution in [0.5, 0.6) is 0 Å². The fraction of sp³-hybridized carbons (Fsp3) is 0.150. The summed E-state index contributed by atoms with van der Waals surface area (Å²) in [4.78, 5) is 6.28. The Labute approximate surface area is 136 Å². The Morgan fingerprint density at radius 1 is 0.870 bits per heavy atom. The van der Waals surface area contributed by atoms with Gasteiger partial charge in [0.2, 0.25) is 0 Å². The molecule has 23 heavy (non-hydrogen) atoms. The van der Waals surface area contributed by atoms with Gasteiger partial charge in [0.1, 0.15) is 5.82 Å². The summed E-state index contributed by atoms with van der Waals surface area (Å²) in [5.74, 6) is 0.119. The normalized spacial score (nSPS) is 11.9. The Balaban J connectivity index is 1.91. The summed E-state index contributed by atoms with van der Waals surface area (Å²) in [6.45, 7) is 3.01. The van der Waals surface area contributed by atoms with E-state index in [4.69, 9.17) is 0 Å². The lowest BCUT2D eigenvalue weighted by molar-refractivity contribution is 0.627. The molecule has 0 aliphatic rings. The lowest BCUT2D eigenvalue weighted by atomic mass is 10.00. The molecule has 1 atom stereocenters. The first kappa shape index (κ1) is 15.2. The van der Waals surface area contributed by atoms with Crippen LogP contribution in [0, 0.1) is 5.82 Å². The van der Waals surface area contributed by atoms with Crippen LogP contribution in [0.4, 0.5) is 15.8 Å². The maximum absolute atomic E-state index is 13.3. The van der Waals surface area contributed by atoms with Crippen LogP contribution in [0.15, 0.2) is 79.1 Å². The monoisotopic (exact) mass is 306 g/mol. The zero-order valence-electron chi connectivity index (χ0n) is 13.1. The van der Waals surface area contributed by atoms with E-state index < -0.39 is 0 Å². The SMILES string of the molecule is CC(CN(c1ccncc1)c1ccc(F)cc1)c1ccccc1. The average Bonchev–Trinajstić information content (AvgIpc) is 2.62. The van der Waals surface area contributed by atoms with Gasteiger partial charge in [-0.3, -0.25) is 4.98 Å². The third-order valence-corrected chi connectivity index (χ3v) is 3.94. The largest absolute Gasteiger partial charge is 0.341 e. The standard InChI is InChI=1S/C20H19FN2/c1-16(17-5-3-2-4-6-17)15-23(20-11-13-22-14-12-20)19-9-7-18(21)8-10-19/h2-14,16H,15H2,1H3. The maximum Gasteiger partial charge on any atom is 0.123 e. The van der Waals surface area contributed by atoms with Crippen LogP contribution < -0.4 is 4.90 Å².